The Labute approximate surface area is 172 Å². The third kappa shape index (κ3) is 10.1. The van der Waals surface area contributed by atoms with Crippen LogP contribution in [0.25, 0.3) is 0 Å². The molecule has 29 heavy (non-hydrogen) atoms. The first-order chi connectivity index (χ1) is 14.0. The summed E-state index contributed by atoms with van der Waals surface area (Å²) in [6.07, 6.45) is 2.54. The Morgan fingerprint density at radius 1 is 0.759 bits per heavy atom. The molecule has 0 N–H and O–H groups in total. The summed E-state index contributed by atoms with van der Waals surface area (Å²) in [5.41, 5.74) is 3.15. The molecule has 4 heteroatoms. The fraction of sp³-hybridized carbons (Fsp3) is 0.440. The van der Waals surface area contributed by atoms with Crippen molar-refractivity contribution in [2.75, 3.05) is 6.61 Å². The molecule has 2 aromatic carbocycles. The Morgan fingerprint density at radius 3 is 1.93 bits per heavy atom. The van der Waals surface area contributed by atoms with Crippen molar-refractivity contribution in [3.05, 3.63) is 65.2 Å². The maximum absolute atomic E-state index is 12.1. The summed E-state index contributed by atoms with van der Waals surface area (Å²) in [5.74, 6) is 6.81. The van der Waals surface area contributed by atoms with Gasteiger partial charge in [-0.05, 0) is 61.2 Å². The van der Waals surface area contributed by atoms with Crippen LogP contribution in [-0.2, 0) is 6.42 Å². The largest absolute Gasteiger partial charge is 0.494 e. The van der Waals surface area contributed by atoms with Crippen LogP contribution in [0, 0.1) is 11.8 Å². The molecule has 2 rings (SSSR count). The van der Waals surface area contributed by atoms with E-state index in [0.29, 0.717) is 5.75 Å². The molecule has 0 spiro atoms. The zero-order valence-corrected chi connectivity index (χ0v) is 17.0. The molecule has 0 bridgehead atoms. The molecule has 1 nitrogen and oxygen atoms in total. The SMILES string of the molecule is CCCCCCCc1ccc(C#Cc2ccc(OCCCC(F)(F)F)cc2)cc1. The third-order valence-electron chi connectivity index (χ3n) is 4.60. The molecule has 0 atom stereocenters. The van der Waals surface area contributed by atoms with Crippen LogP contribution in [0.1, 0.15) is 68.6 Å². The van der Waals surface area contributed by atoms with Crippen LogP contribution in [0.4, 0.5) is 13.2 Å². The number of hydrogen-bond donors (Lipinski definition) is 0. The maximum atomic E-state index is 12.1. The minimum absolute atomic E-state index is 0.0419. The lowest BCUT2D eigenvalue weighted by Crippen LogP contribution is -2.09. The van der Waals surface area contributed by atoms with E-state index in [0.717, 1.165) is 17.5 Å². The van der Waals surface area contributed by atoms with E-state index in [1.165, 1.54) is 37.7 Å². The number of halogens is 3. The molecule has 0 aliphatic rings. The molecule has 2 aromatic rings. The van der Waals surface area contributed by atoms with Crippen molar-refractivity contribution in [1.82, 2.24) is 0 Å². The summed E-state index contributed by atoms with van der Waals surface area (Å²) < 4.78 is 41.7. The Bertz CT molecular complexity index is 765. The fourth-order valence-corrected chi connectivity index (χ4v) is 2.93. The number of unbranched alkanes of at least 4 members (excludes halogenated alkanes) is 4. The van der Waals surface area contributed by atoms with Crippen LogP contribution >= 0.6 is 0 Å². The fourth-order valence-electron chi connectivity index (χ4n) is 2.93. The summed E-state index contributed by atoms with van der Waals surface area (Å²) in [5, 5.41) is 0. The Kier molecular flexibility index (Phi) is 9.64. The van der Waals surface area contributed by atoms with Gasteiger partial charge >= 0.3 is 6.18 Å². The van der Waals surface area contributed by atoms with Crippen LogP contribution in [-0.4, -0.2) is 12.8 Å². The van der Waals surface area contributed by atoms with Gasteiger partial charge in [0.2, 0.25) is 0 Å². The number of hydrogen-bond acceptors (Lipinski definition) is 1. The van der Waals surface area contributed by atoms with Crippen LogP contribution < -0.4 is 4.74 Å². The predicted molar refractivity (Wildman–Crippen MR) is 112 cm³/mol. The second-order valence-corrected chi connectivity index (χ2v) is 7.20. The third-order valence-corrected chi connectivity index (χ3v) is 4.60. The quantitative estimate of drug-likeness (QED) is 0.299. The van der Waals surface area contributed by atoms with Gasteiger partial charge in [0, 0.05) is 17.5 Å². The van der Waals surface area contributed by atoms with Crippen LogP contribution in [0.15, 0.2) is 48.5 Å². The zero-order valence-electron chi connectivity index (χ0n) is 17.0. The maximum Gasteiger partial charge on any atom is 0.389 e. The summed E-state index contributed by atoms with van der Waals surface area (Å²) in [6, 6.07) is 15.5. The van der Waals surface area contributed by atoms with Gasteiger partial charge in [0.1, 0.15) is 5.75 Å². The monoisotopic (exact) mass is 402 g/mol. The summed E-state index contributed by atoms with van der Waals surface area (Å²) in [6.45, 7) is 2.28. The van der Waals surface area contributed by atoms with E-state index in [4.69, 9.17) is 4.74 Å². The number of ether oxygens (including phenoxy) is 1. The highest BCUT2D eigenvalue weighted by Crippen LogP contribution is 2.21. The van der Waals surface area contributed by atoms with Gasteiger partial charge in [0.25, 0.3) is 0 Å². The Hall–Kier alpha value is -2.41. The van der Waals surface area contributed by atoms with Gasteiger partial charge in [0.15, 0.2) is 0 Å². The van der Waals surface area contributed by atoms with E-state index in [-0.39, 0.29) is 13.0 Å². The number of aryl methyl sites for hydroxylation is 1. The van der Waals surface area contributed by atoms with Gasteiger partial charge in [-0.1, -0.05) is 56.6 Å². The summed E-state index contributed by atoms with van der Waals surface area (Å²) in [7, 11) is 0. The predicted octanol–water partition coefficient (Wildman–Crippen LogP) is 7.32. The average Bonchev–Trinajstić information content (AvgIpc) is 2.70. The molecular weight excluding hydrogens is 373 g/mol. The zero-order chi connectivity index (χ0) is 21.0. The highest BCUT2D eigenvalue weighted by Gasteiger charge is 2.26. The van der Waals surface area contributed by atoms with Crippen LogP contribution in [0.3, 0.4) is 0 Å². The first-order valence-corrected chi connectivity index (χ1v) is 10.4. The first kappa shape index (κ1) is 22.9. The molecule has 0 aliphatic heterocycles. The van der Waals surface area contributed by atoms with Gasteiger partial charge in [-0.15, -0.1) is 0 Å². The van der Waals surface area contributed by atoms with Crippen molar-refractivity contribution in [3.8, 4) is 17.6 Å². The van der Waals surface area contributed by atoms with Crippen molar-refractivity contribution in [3.63, 3.8) is 0 Å². The van der Waals surface area contributed by atoms with Crippen molar-refractivity contribution >= 4 is 0 Å². The minimum atomic E-state index is -4.13. The second-order valence-electron chi connectivity index (χ2n) is 7.20. The molecule has 0 saturated carbocycles. The van der Waals surface area contributed by atoms with E-state index >= 15 is 0 Å². The molecule has 0 fully saturated rings. The van der Waals surface area contributed by atoms with Crippen LogP contribution in [0.5, 0.6) is 5.75 Å². The lowest BCUT2D eigenvalue weighted by molar-refractivity contribution is -0.136. The highest BCUT2D eigenvalue weighted by molar-refractivity contribution is 5.44. The van der Waals surface area contributed by atoms with Gasteiger partial charge in [-0.2, -0.15) is 13.2 Å². The Balaban J connectivity index is 1.77. The van der Waals surface area contributed by atoms with Gasteiger partial charge in [-0.25, -0.2) is 0 Å². The molecule has 0 heterocycles. The second kappa shape index (κ2) is 12.2. The Morgan fingerprint density at radius 2 is 1.34 bits per heavy atom. The molecule has 0 aliphatic carbocycles. The van der Waals surface area contributed by atoms with E-state index in [9.17, 15) is 13.2 Å². The molecular formula is C25H29F3O. The van der Waals surface area contributed by atoms with Crippen LogP contribution in [0.2, 0.25) is 0 Å². The molecule has 0 saturated heterocycles. The normalized spacial score (nSPS) is 11.0. The summed E-state index contributed by atoms with van der Waals surface area (Å²) in [4.78, 5) is 0. The molecule has 0 aromatic heterocycles. The molecule has 0 radical (unpaired) electrons. The van der Waals surface area contributed by atoms with E-state index in [1.807, 2.05) is 24.3 Å². The van der Waals surface area contributed by atoms with Crippen molar-refractivity contribution in [2.24, 2.45) is 0 Å². The molecule has 0 amide bonds. The lowest BCUT2D eigenvalue weighted by Gasteiger charge is -2.08. The van der Waals surface area contributed by atoms with E-state index in [1.54, 1.807) is 12.1 Å². The van der Waals surface area contributed by atoms with Gasteiger partial charge in [-0.3, -0.25) is 0 Å². The average molecular weight is 403 g/mol. The minimum Gasteiger partial charge on any atom is -0.494 e. The topological polar surface area (TPSA) is 9.23 Å². The van der Waals surface area contributed by atoms with Crippen molar-refractivity contribution in [1.29, 1.82) is 0 Å². The summed E-state index contributed by atoms with van der Waals surface area (Å²) >= 11 is 0. The number of alkyl halides is 3. The van der Waals surface area contributed by atoms with Gasteiger partial charge < -0.3 is 4.74 Å². The number of benzene rings is 2. The van der Waals surface area contributed by atoms with E-state index < -0.39 is 12.6 Å². The lowest BCUT2D eigenvalue weighted by atomic mass is 10.0. The number of rotatable bonds is 10. The standard InChI is InChI=1S/C25H29F3O/c1-2-3-4-5-6-8-21-9-11-22(12-10-21)13-14-23-15-17-24(18-16-23)29-20-7-19-25(26,27)28/h9-12,15-18H,2-8,19-20H2,1H3. The van der Waals surface area contributed by atoms with E-state index in [2.05, 4.69) is 30.9 Å². The van der Waals surface area contributed by atoms with Gasteiger partial charge in [0.05, 0.1) is 6.61 Å². The molecule has 0 unspecified atom stereocenters. The van der Waals surface area contributed by atoms with Crippen molar-refractivity contribution in [2.45, 2.75) is 64.5 Å². The highest BCUT2D eigenvalue weighted by atomic mass is 19.4. The first-order valence-electron chi connectivity index (χ1n) is 10.4. The van der Waals surface area contributed by atoms with Crippen molar-refractivity contribution < 1.29 is 17.9 Å². The smallest absolute Gasteiger partial charge is 0.389 e. The molecule has 156 valence electrons.